The number of aliphatic carboxylic acids is 1. The molecule has 0 aliphatic rings. The lowest BCUT2D eigenvalue weighted by molar-refractivity contribution is -0.131. The number of carboxylic acid groups (broad SMARTS) is 1. The molecule has 0 saturated carbocycles. The summed E-state index contributed by atoms with van der Waals surface area (Å²) in [4.78, 5) is 14.8. The first-order valence-electron chi connectivity index (χ1n) is 6.83. The monoisotopic (exact) mass is 286 g/mol. The molecule has 110 valence electrons. The molecule has 0 fully saturated rings. The summed E-state index contributed by atoms with van der Waals surface area (Å²) in [7, 11) is 0. The van der Waals surface area contributed by atoms with Crippen LogP contribution >= 0.6 is 0 Å². The molecule has 0 aliphatic carbocycles. The van der Waals surface area contributed by atoms with Crippen molar-refractivity contribution < 1.29 is 14.6 Å². The van der Waals surface area contributed by atoms with Gasteiger partial charge in [0.2, 0.25) is 0 Å². The fourth-order valence-corrected chi connectivity index (χ4v) is 2.00. The standard InChI is InChI=1S/C16H18N2O3/c1-2-15-17-8-9-18(15)10-11-21-14-5-3-4-13(12-14)6-7-16(19)20/h3-9,12H,2,10-11H2,1H3,(H,19,20). The minimum absolute atomic E-state index is 0.537. The Morgan fingerprint density at radius 1 is 1.48 bits per heavy atom. The lowest BCUT2D eigenvalue weighted by atomic mass is 10.2. The van der Waals surface area contributed by atoms with E-state index in [-0.39, 0.29) is 0 Å². The zero-order chi connectivity index (χ0) is 15.1. The molecule has 0 aliphatic heterocycles. The number of aryl methyl sites for hydroxylation is 1. The Balaban J connectivity index is 1.91. The van der Waals surface area contributed by atoms with Gasteiger partial charge in [-0.1, -0.05) is 19.1 Å². The normalized spacial score (nSPS) is 10.9. The van der Waals surface area contributed by atoms with Crippen LogP contribution in [0.5, 0.6) is 5.75 Å². The van der Waals surface area contributed by atoms with Gasteiger partial charge in [-0.25, -0.2) is 9.78 Å². The van der Waals surface area contributed by atoms with Crippen LogP contribution in [0.4, 0.5) is 0 Å². The van der Waals surface area contributed by atoms with Gasteiger partial charge < -0.3 is 14.4 Å². The Hall–Kier alpha value is -2.56. The van der Waals surface area contributed by atoms with Crippen LogP contribution in [0.2, 0.25) is 0 Å². The van der Waals surface area contributed by atoms with Crippen molar-refractivity contribution in [2.75, 3.05) is 6.61 Å². The van der Waals surface area contributed by atoms with E-state index in [1.807, 2.05) is 30.5 Å². The van der Waals surface area contributed by atoms with Crippen molar-refractivity contribution in [3.8, 4) is 5.75 Å². The number of hydrogen-bond donors (Lipinski definition) is 1. The minimum atomic E-state index is -0.964. The van der Waals surface area contributed by atoms with Crippen LogP contribution in [-0.4, -0.2) is 27.2 Å². The molecule has 0 atom stereocenters. The summed E-state index contributed by atoms with van der Waals surface area (Å²) in [6.07, 6.45) is 7.27. The SMILES string of the molecule is CCc1nccn1CCOc1cccc(C=CC(=O)O)c1. The van der Waals surface area contributed by atoms with Gasteiger partial charge in [-0.2, -0.15) is 0 Å². The molecule has 1 aromatic carbocycles. The molecule has 0 spiro atoms. The number of aromatic nitrogens is 2. The molecular formula is C16H18N2O3. The largest absolute Gasteiger partial charge is 0.492 e. The predicted molar refractivity (Wildman–Crippen MR) is 80.2 cm³/mol. The van der Waals surface area contributed by atoms with Crippen molar-refractivity contribution in [2.45, 2.75) is 19.9 Å². The first-order chi connectivity index (χ1) is 10.2. The van der Waals surface area contributed by atoms with E-state index < -0.39 is 5.97 Å². The molecule has 2 aromatic rings. The van der Waals surface area contributed by atoms with Crippen LogP contribution in [0.15, 0.2) is 42.7 Å². The lowest BCUT2D eigenvalue weighted by Gasteiger charge is -2.09. The molecule has 0 bridgehead atoms. The molecule has 0 amide bonds. The van der Waals surface area contributed by atoms with Gasteiger partial charge in [-0.3, -0.25) is 0 Å². The average molecular weight is 286 g/mol. The number of rotatable bonds is 7. The van der Waals surface area contributed by atoms with Crippen molar-refractivity contribution in [1.82, 2.24) is 9.55 Å². The zero-order valence-electron chi connectivity index (χ0n) is 11.9. The number of benzene rings is 1. The van der Waals surface area contributed by atoms with Gasteiger partial charge in [0, 0.05) is 24.9 Å². The van der Waals surface area contributed by atoms with Crippen molar-refractivity contribution in [3.63, 3.8) is 0 Å². The highest BCUT2D eigenvalue weighted by molar-refractivity contribution is 5.85. The molecule has 0 radical (unpaired) electrons. The third-order valence-electron chi connectivity index (χ3n) is 3.00. The third-order valence-corrected chi connectivity index (χ3v) is 3.00. The summed E-state index contributed by atoms with van der Waals surface area (Å²) < 4.78 is 7.76. The second kappa shape index (κ2) is 7.28. The van der Waals surface area contributed by atoms with Gasteiger partial charge in [0.25, 0.3) is 0 Å². The number of carboxylic acids is 1. The van der Waals surface area contributed by atoms with Crippen LogP contribution < -0.4 is 4.74 Å². The van der Waals surface area contributed by atoms with Crippen molar-refractivity contribution in [1.29, 1.82) is 0 Å². The maximum absolute atomic E-state index is 10.5. The number of carbonyl (C=O) groups is 1. The van der Waals surface area contributed by atoms with E-state index in [2.05, 4.69) is 16.5 Å². The van der Waals surface area contributed by atoms with Crippen LogP contribution in [0.25, 0.3) is 6.08 Å². The Bertz CT molecular complexity index is 632. The van der Waals surface area contributed by atoms with Gasteiger partial charge in [0.15, 0.2) is 0 Å². The van der Waals surface area contributed by atoms with Crippen molar-refractivity contribution in [3.05, 3.63) is 54.1 Å². The molecule has 21 heavy (non-hydrogen) atoms. The van der Waals surface area contributed by atoms with Gasteiger partial charge in [0.05, 0.1) is 6.54 Å². The van der Waals surface area contributed by atoms with Gasteiger partial charge in [0.1, 0.15) is 18.2 Å². The smallest absolute Gasteiger partial charge is 0.328 e. The Labute approximate surface area is 123 Å². The van der Waals surface area contributed by atoms with E-state index in [0.29, 0.717) is 6.61 Å². The summed E-state index contributed by atoms with van der Waals surface area (Å²) in [5.74, 6) is 0.797. The van der Waals surface area contributed by atoms with Gasteiger partial charge >= 0.3 is 5.97 Å². The van der Waals surface area contributed by atoms with Crippen LogP contribution in [0.1, 0.15) is 18.3 Å². The summed E-state index contributed by atoms with van der Waals surface area (Å²) in [6.45, 7) is 3.34. The molecule has 2 rings (SSSR count). The van der Waals surface area contributed by atoms with E-state index in [1.54, 1.807) is 12.3 Å². The fourth-order valence-electron chi connectivity index (χ4n) is 2.00. The maximum Gasteiger partial charge on any atom is 0.328 e. The molecule has 1 heterocycles. The van der Waals surface area contributed by atoms with E-state index >= 15 is 0 Å². The van der Waals surface area contributed by atoms with Crippen LogP contribution in [0, 0.1) is 0 Å². The first-order valence-corrected chi connectivity index (χ1v) is 6.83. The van der Waals surface area contributed by atoms with Gasteiger partial charge in [-0.05, 0) is 23.8 Å². The minimum Gasteiger partial charge on any atom is -0.492 e. The second-order valence-electron chi connectivity index (χ2n) is 4.48. The average Bonchev–Trinajstić information content (AvgIpc) is 2.93. The number of imidazole rings is 1. The lowest BCUT2D eigenvalue weighted by Crippen LogP contribution is -2.10. The highest BCUT2D eigenvalue weighted by Crippen LogP contribution is 2.14. The summed E-state index contributed by atoms with van der Waals surface area (Å²) in [5.41, 5.74) is 0.798. The van der Waals surface area contributed by atoms with Crippen molar-refractivity contribution >= 4 is 12.0 Å². The number of ether oxygens (including phenoxy) is 1. The zero-order valence-corrected chi connectivity index (χ0v) is 11.9. The van der Waals surface area contributed by atoms with Crippen LogP contribution in [-0.2, 0) is 17.8 Å². The van der Waals surface area contributed by atoms with E-state index in [0.717, 1.165) is 36.2 Å². The summed E-state index contributed by atoms with van der Waals surface area (Å²) >= 11 is 0. The number of hydrogen-bond acceptors (Lipinski definition) is 3. The molecule has 1 N–H and O–H groups in total. The predicted octanol–water partition coefficient (Wildman–Crippen LogP) is 2.62. The Morgan fingerprint density at radius 3 is 3.10 bits per heavy atom. The maximum atomic E-state index is 10.5. The van der Waals surface area contributed by atoms with E-state index in [4.69, 9.17) is 9.84 Å². The molecular weight excluding hydrogens is 268 g/mol. The quantitative estimate of drug-likeness (QED) is 0.795. The highest BCUT2D eigenvalue weighted by atomic mass is 16.5. The molecule has 0 unspecified atom stereocenters. The van der Waals surface area contributed by atoms with E-state index in [1.165, 1.54) is 0 Å². The molecule has 0 saturated heterocycles. The highest BCUT2D eigenvalue weighted by Gasteiger charge is 2.00. The topological polar surface area (TPSA) is 64.4 Å². The third kappa shape index (κ3) is 4.49. The first kappa shape index (κ1) is 14.8. The van der Waals surface area contributed by atoms with Gasteiger partial charge in [-0.15, -0.1) is 0 Å². The Morgan fingerprint density at radius 2 is 2.33 bits per heavy atom. The van der Waals surface area contributed by atoms with Crippen molar-refractivity contribution in [2.24, 2.45) is 0 Å². The summed E-state index contributed by atoms with van der Waals surface area (Å²) in [5, 5.41) is 8.61. The van der Waals surface area contributed by atoms with E-state index in [9.17, 15) is 4.79 Å². The molecule has 1 aromatic heterocycles. The second-order valence-corrected chi connectivity index (χ2v) is 4.48. The molecule has 5 nitrogen and oxygen atoms in total. The fraction of sp³-hybridized carbons (Fsp3) is 0.250. The Kier molecular flexibility index (Phi) is 5.15. The van der Waals surface area contributed by atoms with Crippen LogP contribution in [0.3, 0.4) is 0 Å². The molecule has 5 heteroatoms. The number of nitrogens with zero attached hydrogens (tertiary/aromatic N) is 2. The summed E-state index contributed by atoms with van der Waals surface area (Å²) in [6, 6.07) is 7.34.